The molecule has 0 bridgehead atoms. The molecule has 0 radical (unpaired) electrons. The van der Waals surface area contributed by atoms with Crippen molar-refractivity contribution in [2.45, 2.75) is 46.0 Å². The zero-order valence-electron chi connectivity index (χ0n) is 18.2. The fourth-order valence-electron chi connectivity index (χ4n) is 2.99. The van der Waals surface area contributed by atoms with Crippen molar-refractivity contribution in [3.63, 3.8) is 0 Å². The SMILES string of the molecule is Cc1cccc(CSCC(=O)N(Cc2ccccc2Cl)[C@H](C)C(=O)NCC(C)C)c1. The van der Waals surface area contributed by atoms with E-state index in [2.05, 4.69) is 30.4 Å². The minimum atomic E-state index is -0.577. The van der Waals surface area contributed by atoms with Gasteiger partial charge in [-0.15, -0.1) is 11.8 Å². The molecule has 2 aromatic rings. The highest BCUT2D eigenvalue weighted by atomic mass is 35.5. The van der Waals surface area contributed by atoms with Crippen LogP contribution in [-0.2, 0) is 21.9 Å². The monoisotopic (exact) mass is 446 g/mol. The third-order valence-electron chi connectivity index (χ3n) is 4.73. The quantitative estimate of drug-likeness (QED) is 0.554. The third-order valence-corrected chi connectivity index (χ3v) is 6.08. The molecular formula is C24H31ClN2O2S. The predicted molar refractivity (Wildman–Crippen MR) is 127 cm³/mol. The lowest BCUT2D eigenvalue weighted by molar-refractivity contribution is -0.138. The van der Waals surface area contributed by atoms with Gasteiger partial charge in [0, 0.05) is 23.9 Å². The number of benzene rings is 2. The first-order chi connectivity index (χ1) is 14.3. The zero-order valence-corrected chi connectivity index (χ0v) is 19.7. The summed E-state index contributed by atoms with van der Waals surface area (Å²) in [7, 11) is 0. The van der Waals surface area contributed by atoms with Gasteiger partial charge >= 0.3 is 0 Å². The van der Waals surface area contributed by atoms with Crippen LogP contribution >= 0.6 is 23.4 Å². The van der Waals surface area contributed by atoms with Crippen molar-refractivity contribution in [3.05, 3.63) is 70.2 Å². The summed E-state index contributed by atoms with van der Waals surface area (Å²) < 4.78 is 0. The van der Waals surface area contributed by atoms with Crippen LogP contribution in [0, 0.1) is 12.8 Å². The molecule has 0 aliphatic rings. The second-order valence-corrected chi connectivity index (χ2v) is 9.30. The number of halogens is 1. The Morgan fingerprint density at radius 2 is 1.83 bits per heavy atom. The first-order valence-electron chi connectivity index (χ1n) is 10.2. The van der Waals surface area contributed by atoms with Crippen LogP contribution in [-0.4, -0.2) is 35.1 Å². The smallest absolute Gasteiger partial charge is 0.242 e. The summed E-state index contributed by atoms with van der Waals surface area (Å²) in [5.74, 6) is 1.19. The molecule has 2 rings (SSSR count). The molecule has 0 heterocycles. The van der Waals surface area contributed by atoms with Gasteiger partial charge in [0.15, 0.2) is 0 Å². The number of hydrogen-bond donors (Lipinski definition) is 1. The van der Waals surface area contributed by atoms with E-state index in [0.29, 0.717) is 29.8 Å². The molecule has 1 N–H and O–H groups in total. The summed E-state index contributed by atoms with van der Waals surface area (Å²) in [6.45, 7) is 8.80. The van der Waals surface area contributed by atoms with Crippen LogP contribution in [0.25, 0.3) is 0 Å². The third kappa shape index (κ3) is 7.69. The van der Waals surface area contributed by atoms with Crippen LogP contribution in [0.2, 0.25) is 5.02 Å². The molecule has 6 heteroatoms. The molecular weight excluding hydrogens is 416 g/mol. The van der Waals surface area contributed by atoms with E-state index >= 15 is 0 Å². The Morgan fingerprint density at radius 3 is 2.50 bits per heavy atom. The lowest BCUT2D eigenvalue weighted by Gasteiger charge is -2.29. The first-order valence-corrected chi connectivity index (χ1v) is 11.7. The van der Waals surface area contributed by atoms with Gasteiger partial charge in [0.25, 0.3) is 0 Å². The highest BCUT2D eigenvalue weighted by molar-refractivity contribution is 7.99. The summed E-state index contributed by atoms with van der Waals surface area (Å²) in [5, 5.41) is 3.53. The second-order valence-electron chi connectivity index (χ2n) is 7.91. The van der Waals surface area contributed by atoms with E-state index in [4.69, 9.17) is 11.6 Å². The van der Waals surface area contributed by atoms with Crippen LogP contribution < -0.4 is 5.32 Å². The van der Waals surface area contributed by atoms with Gasteiger partial charge in [-0.3, -0.25) is 9.59 Å². The Morgan fingerprint density at radius 1 is 1.10 bits per heavy atom. The van der Waals surface area contributed by atoms with E-state index in [1.165, 1.54) is 11.1 Å². The first kappa shape index (κ1) is 24.3. The number of carbonyl (C=O) groups is 2. The Hall–Kier alpha value is -1.98. The summed E-state index contributed by atoms with van der Waals surface area (Å²) in [6, 6.07) is 15.1. The number of hydrogen-bond acceptors (Lipinski definition) is 3. The molecule has 162 valence electrons. The van der Waals surface area contributed by atoms with Crippen molar-refractivity contribution in [2.75, 3.05) is 12.3 Å². The Balaban J connectivity index is 2.07. The van der Waals surface area contributed by atoms with Gasteiger partial charge < -0.3 is 10.2 Å². The summed E-state index contributed by atoms with van der Waals surface area (Å²) >= 11 is 7.87. The molecule has 2 aromatic carbocycles. The molecule has 4 nitrogen and oxygen atoms in total. The molecule has 0 spiro atoms. The maximum atomic E-state index is 13.1. The maximum Gasteiger partial charge on any atom is 0.242 e. The molecule has 0 aliphatic heterocycles. The van der Waals surface area contributed by atoms with Gasteiger partial charge in [0.1, 0.15) is 6.04 Å². The summed E-state index contributed by atoms with van der Waals surface area (Å²) in [4.78, 5) is 27.4. The van der Waals surface area contributed by atoms with E-state index in [9.17, 15) is 9.59 Å². The summed E-state index contributed by atoms with van der Waals surface area (Å²) in [5.41, 5.74) is 3.23. The lowest BCUT2D eigenvalue weighted by atomic mass is 10.1. The molecule has 1 atom stereocenters. The highest BCUT2D eigenvalue weighted by Gasteiger charge is 2.26. The topological polar surface area (TPSA) is 49.4 Å². The van der Waals surface area contributed by atoms with Crippen LogP contribution in [0.5, 0.6) is 0 Å². The minimum absolute atomic E-state index is 0.0697. The Labute approximate surface area is 189 Å². The van der Waals surface area contributed by atoms with Crippen molar-refractivity contribution >= 4 is 35.2 Å². The fraction of sp³-hybridized carbons (Fsp3) is 0.417. The molecule has 0 aromatic heterocycles. The number of rotatable bonds is 10. The lowest BCUT2D eigenvalue weighted by Crippen LogP contribution is -2.48. The number of nitrogens with zero attached hydrogens (tertiary/aromatic N) is 1. The van der Waals surface area contributed by atoms with Gasteiger partial charge in [-0.05, 0) is 37.0 Å². The molecule has 0 saturated heterocycles. The van der Waals surface area contributed by atoms with Crippen molar-refractivity contribution in [3.8, 4) is 0 Å². The number of amides is 2. The molecule has 0 saturated carbocycles. The van der Waals surface area contributed by atoms with Crippen molar-refractivity contribution in [1.29, 1.82) is 0 Å². The molecule has 0 fully saturated rings. The van der Waals surface area contributed by atoms with Gasteiger partial charge in [-0.1, -0.05) is 73.5 Å². The van der Waals surface area contributed by atoms with E-state index in [1.807, 2.05) is 38.1 Å². The Bertz CT molecular complexity index is 857. The molecule has 0 unspecified atom stereocenters. The fourth-order valence-corrected chi connectivity index (χ4v) is 4.04. The number of aryl methyl sites for hydroxylation is 1. The van der Waals surface area contributed by atoms with Crippen molar-refractivity contribution in [2.24, 2.45) is 5.92 Å². The molecule has 30 heavy (non-hydrogen) atoms. The molecule has 2 amide bonds. The maximum absolute atomic E-state index is 13.1. The number of carbonyl (C=O) groups excluding carboxylic acids is 2. The minimum Gasteiger partial charge on any atom is -0.354 e. The predicted octanol–water partition coefficient (Wildman–Crippen LogP) is 5.07. The number of nitrogens with one attached hydrogen (secondary N) is 1. The normalized spacial score (nSPS) is 11.9. The zero-order chi connectivity index (χ0) is 22.1. The van der Waals surface area contributed by atoms with Gasteiger partial charge in [0.05, 0.1) is 5.75 Å². The second kappa shape index (κ2) is 12.0. The average molecular weight is 447 g/mol. The van der Waals surface area contributed by atoms with Crippen LogP contribution in [0.3, 0.4) is 0 Å². The van der Waals surface area contributed by atoms with E-state index in [0.717, 1.165) is 11.3 Å². The number of thioether (sulfide) groups is 1. The standard InChI is InChI=1S/C24H31ClN2O2S/c1-17(2)13-26-24(29)19(4)27(14-21-10-5-6-11-22(21)25)23(28)16-30-15-20-9-7-8-18(3)12-20/h5-12,17,19H,13-16H2,1-4H3,(H,26,29)/t19-/m1/s1. The van der Waals surface area contributed by atoms with E-state index in [1.54, 1.807) is 29.7 Å². The molecule has 0 aliphatic carbocycles. The van der Waals surface area contributed by atoms with Gasteiger partial charge in [0.2, 0.25) is 11.8 Å². The van der Waals surface area contributed by atoms with E-state index < -0.39 is 6.04 Å². The van der Waals surface area contributed by atoms with E-state index in [-0.39, 0.29) is 11.8 Å². The van der Waals surface area contributed by atoms with Crippen LogP contribution in [0.4, 0.5) is 0 Å². The largest absolute Gasteiger partial charge is 0.354 e. The van der Waals surface area contributed by atoms with Crippen LogP contribution in [0.1, 0.15) is 37.5 Å². The van der Waals surface area contributed by atoms with Crippen molar-refractivity contribution < 1.29 is 9.59 Å². The van der Waals surface area contributed by atoms with Crippen molar-refractivity contribution in [1.82, 2.24) is 10.2 Å². The Kier molecular flexibility index (Phi) is 9.73. The van der Waals surface area contributed by atoms with Gasteiger partial charge in [-0.2, -0.15) is 0 Å². The summed E-state index contributed by atoms with van der Waals surface area (Å²) in [6.07, 6.45) is 0. The van der Waals surface area contributed by atoms with Gasteiger partial charge in [-0.25, -0.2) is 0 Å². The average Bonchev–Trinajstić information content (AvgIpc) is 2.70. The highest BCUT2D eigenvalue weighted by Crippen LogP contribution is 2.20. The van der Waals surface area contributed by atoms with Crippen LogP contribution in [0.15, 0.2) is 48.5 Å².